The molecule has 0 aliphatic rings. The monoisotopic (exact) mass is 434 g/mol. The summed E-state index contributed by atoms with van der Waals surface area (Å²) in [7, 11) is 0. The SMILES string of the molecule is CCCCCc1cnc(-c2cc(F)c(C(=O)Oc3ccc(Cl)c(F)c3)c(F)c2)nc1. The summed E-state index contributed by atoms with van der Waals surface area (Å²) in [5.41, 5.74) is 0.119. The summed E-state index contributed by atoms with van der Waals surface area (Å²) in [4.78, 5) is 20.5. The van der Waals surface area contributed by atoms with E-state index in [1.807, 2.05) is 0 Å². The topological polar surface area (TPSA) is 52.1 Å². The molecule has 0 radical (unpaired) electrons. The Kier molecular flexibility index (Phi) is 7.05. The van der Waals surface area contributed by atoms with E-state index in [0.29, 0.717) is 0 Å². The van der Waals surface area contributed by atoms with E-state index < -0.39 is 29.0 Å². The fourth-order valence-corrected chi connectivity index (χ4v) is 2.93. The highest BCUT2D eigenvalue weighted by atomic mass is 35.5. The Bertz CT molecular complexity index is 1040. The lowest BCUT2D eigenvalue weighted by molar-refractivity contribution is 0.0724. The summed E-state index contributed by atoms with van der Waals surface area (Å²) < 4.78 is 47.3. The van der Waals surface area contributed by atoms with Crippen molar-refractivity contribution < 1.29 is 22.7 Å². The Labute approximate surface area is 176 Å². The molecule has 156 valence electrons. The predicted octanol–water partition coefficient (Wildman–Crippen LogP) is 6.17. The molecular weight excluding hydrogens is 417 g/mol. The minimum atomic E-state index is -1.30. The van der Waals surface area contributed by atoms with Gasteiger partial charge in [-0.1, -0.05) is 31.4 Å². The molecule has 1 heterocycles. The zero-order valence-electron chi connectivity index (χ0n) is 16.1. The van der Waals surface area contributed by atoms with Crippen LogP contribution < -0.4 is 4.74 Å². The van der Waals surface area contributed by atoms with Gasteiger partial charge >= 0.3 is 5.97 Å². The van der Waals surface area contributed by atoms with Gasteiger partial charge in [0.25, 0.3) is 0 Å². The Morgan fingerprint density at radius 1 is 1.00 bits per heavy atom. The Balaban J connectivity index is 1.79. The normalized spacial score (nSPS) is 10.8. The molecule has 3 aromatic rings. The van der Waals surface area contributed by atoms with E-state index in [9.17, 15) is 18.0 Å². The molecule has 0 saturated carbocycles. The second-order valence-electron chi connectivity index (χ2n) is 6.65. The molecule has 1 aromatic heterocycles. The molecule has 0 N–H and O–H groups in total. The van der Waals surface area contributed by atoms with Gasteiger partial charge in [0, 0.05) is 24.0 Å². The maximum absolute atomic E-state index is 14.5. The number of benzene rings is 2. The number of hydrogen-bond donors (Lipinski definition) is 0. The number of halogens is 4. The van der Waals surface area contributed by atoms with Crippen LogP contribution in [0.5, 0.6) is 5.75 Å². The number of ether oxygens (including phenoxy) is 1. The number of aryl methyl sites for hydroxylation is 1. The minimum absolute atomic E-state index is 0.0826. The van der Waals surface area contributed by atoms with Gasteiger partial charge in [0.2, 0.25) is 0 Å². The lowest BCUT2D eigenvalue weighted by atomic mass is 10.1. The van der Waals surface area contributed by atoms with E-state index >= 15 is 0 Å². The summed E-state index contributed by atoms with van der Waals surface area (Å²) in [5, 5.41) is -0.173. The lowest BCUT2D eigenvalue weighted by Crippen LogP contribution is -2.13. The fraction of sp³-hybridized carbons (Fsp3) is 0.227. The summed E-state index contributed by atoms with van der Waals surface area (Å²) in [6.07, 6.45) is 7.26. The zero-order valence-corrected chi connectivity index (χ0v) is 16.8. The quantitative estimate of drug-likeness (QED) is 0.253. The molecule has 0 amide bonds. The van der Waals surface area contributed by atoms with Crippen LogP contribution in [-0.2, 0) is 6.42 Å². The van der Waals surface area contributed by atoms with Gasteiger partial charge in [-0.05, 0) is 42.7 Å². The van der Waals surface area contributed by atoms with Crippen molar-refractivity contribution in [2.45, 2.75) is 32.6 Å². The molecule has 0 aliphatic heterocycles. The molecular formula is C22H18ClF3N2O2. The first-order valence-electron chi connectivity index (χ1n) is 9.36. The Hall–Kier alpha value is -2.93. The van der Waals surface area contributed by atoms with E-state index in [2.05, 4.69) is 16.9 Å². The van der Waals surface area contributed by atoms with Crippen LogP contribution in [0.25, 0.3) is 11.4 Å². The van der Waals surface area contributed by atoms with E-state index in [4.69, 9.17) is 16.3 Å². The molecule has 0 saturated heterocycles. The molecule has 0 atom stereocenters. The van der Waals surface area contributed by atoms with Crippen molar-refractivity contribution in [1.29, 1.82) is 0 Å². The molecule has 3 rings (SSSR count). The van der Waals surface area contributed by atoms with Crippen LogP contribution >= 0.6 is 11.6 Å². The van der Waals surface area contributed by atoms with Crippen molar-refractivity contribution >= 4 is 17.6 Å². The Morgan fingerprint density at radius 2 is 1.67 bits per heavy atom. The number of rotatable bonds is 7. The van der Waals surface area contributed by atoms with E-state index in [1.54, 1.807) is 12.4 Å². The number of esters is 1. The molecule has 0 aliphatic carbocycles. The minimum Gasteiger partial charge on any atom is -0.423 e. The molecule has 2 aromatic carbocycles. The van der Waals surface area contributed by atoms with E-state index in [0.717, 1.165) is 49.4 Å². The molecule has 0 fully saturated rings. The average molecular weight is 435 g/mol. The summed E-state index contributed by atoms with van der Waals surface area (Å²) >= 11 is 5.55. The second-order valence-corrected chi connectivity index (χ2v) is 7.06. The van der Waals surface area contributed by atoms with Crippen molar-refractivity contribution in [3.63, 3.8) is 0 Å². The van der Waals surface area contributed by atoms with Gasteiger partial charge in [0.1, 0.15) is 28.8 Å². The molecule has 30 heavy (non-hydrogen) atoms. The predicted molar refractivity (Wildman–Crippen MR) is 107 cm³/mol. The van der Waals surface area contributed by atoms with Crippen LogP contribution in [-0.4, -0.2) is 15.9 Å². The number of carbonyl (C=O) groups is 1. The first-order valence-corrected chi connectivity index (χ1v) is 9.74. The third-order valence-corrected chi connectivity index (χ3v) is 4.69. The van der Waals surface area contributed by atoms with Crippen LogP contribution in [0.15, 0.2) is 42.7 Å². The number of aromatic nitrogens is 2. The van der Waals surface area contributed by atoms with Crippen molar-refractivity contribution in [2.75, 3.05) is 0 Å². The van der Waals surface area contributed by atoms with Crippen molar-refractivity contribution in [3.8, 4) is 17.1 Å². The van der Waals surface area contributed by atoms with Gasteiger partial charge in [-0.3, -0.25) is 0 Å². The van der Waals surface area contributed by atoms with Gasteiger partial charge in [-0.25, -0.2) is 27.9 Å². The summed E-state index contributed by atoms with van der Waals surface area (Å²) in [6.45, 7) is 2.11. The molecule has 8 heteroatoms. The number of nitrogens with zero attached hydrogens (tertiary/aromatic N) is 2. The molecule has 0 unspecified atom stereocenters. The molecule has 0 spiro atoms. The second kappa shape index (κ2) is 9.71. The van der Waals surface area contributed by atoms with Gasteiger partial charge in [-0.2, -0.15) is 0 Å². The number of hydrogen-bond acceptors (Lipinski definition) is 4. The highest BCUT2D eigenvalue weighted by Gasteiger charge is 2.22. The van der Waals surface area contributed by atoms with Crippen LogP contribution in [0.2, 0.25) is 5.02 Å². The third-order valence-electron chi connectivity index (χ3n) is 4.38. The first-order chi connectivity index (χ1) is 14.4. The average Bonchev–Trinajstić information content (AvgIpc) is 2.71. The highest BCUT2D eigenvalue weighted by molar-refractivity contribution is 6.30. The van der Waals surface area contributed by atoms with Gasteiger partial charge in [0.05, 0.1) is 5.02 Å². The standard InChI is InChI=1S/C22H18ClF3N2O2/c1-2-3-4-5-13-11-27-21(28-12-13)14-8-18(25)20(19(26)9-14)22(29)30-15-6-7-16(23)17(24)10-15/h6-12H,2-5H2,1H3. The molecule has 4 nitrogen and oxygen atoms in total. The number of unbranched alkanes of at least 4 members (excludes halogenated alkanes) is 2. The summed E-state index contributed by atoms with van der Waals surface area (Å²) in [5.74, 6) is -4.50. The van der Waals surface area contributed by atoms with E-state index in [1.165, 1.54) is 12.1 Å². The first kappa shape index (κ1) is 21.8. The maximum Gasteiger partial charge on any atom is 0.349 e. The van der Waals surface area contributed by atoms with Crippen LogP contribution in [0.3, 0.4) is 0 Å². The largest absolute Gasteiger partial charge is 0.423 e. The van der Waals surface area contributed by atoms with Crippen molar-refractivity contribution in [3.05, 3.63) is 76.3 Å². The maximum atomic E-state index is 14.5. The van der Waals surface area contributed by atoms with Crippen LogP contribution in [0.4, 0.5) is 13.2 Å². The lowest BCUT2D eigenvalue weighted by Gasteiger charge is -2.09. The molecule has 0 bridgehead atoms. The van der Waals surface area contributed by atoms with Crippen LogP contribution in [0.1, 0.15) is 42.1 Å². The fourth-order valence-electron chi connectivity index (χ4n) is 2.81. The van der Waals surface area contributed by atoms with Gasteiger partial charge in [0.15, 0.2) is 5.82 Å². The van der Waals surface area contributed by atoms with Crippen LogP contribution in [0, 0.1) is 17.5 Å². The van der Waals surface area contributed by atoms with Gasteiger partial charge in [-0.15, -0.1) is 0 Å². The van der Waals surface area contributed by atoms with Gasteiger partial charge < -0.3 is 4.74 Å². The van der Waals surface area contributed by atoms with Crippen molar-refractivity contribution in [2.24, 2.45) is 0 Å². The number of carbonyl (C=O) groups excluding carboxylic acids is 1. The highest BCUT2D eigenvalue weighted by Crippen LogP contribution is 2.25. The summed E-state index contributed by atoms with van der Waals surface area (Å²) in [6, 6.07) is 5.13. The third kappa shape index (κ3) is 5.16. The Morgan fingerprint density at radius 3 is 2.27 bits per heavy atom. The van der Waals surface area contributed by atoms with E-state index in [-0.39, 0.29) is 22.2 Å². The van der Waals surface area contributed by atoms with Crippen molar-refractivity contribution in [1.82, 2.24) is 9.97 Å². The smallest absolute Gasteiger partial charge is 0.349 e. The zero-order chi connectivity index (χ0) is 21.7.